The van der Waals surface area contributed by atoms with Gasteiger partial charge in [-0.2, -0.15) is 0 Å². The summed E-state index contributed by atoms with van der Waals surface area (Å²) in [4.78, 5) is 21.7. The second-order valence-corrected chi connectivity index (χ2v) is 8.91. The number of thiophene rings is 1. The predicted molar refractivity (Wildman–Crippen MR) is 128 cm³/mol. The molecule has 158 valence electrons. The largest absolute Gasteiger partial charge is 0.308 e. The van der Waals surface area contributed by atoms with E-state index in [0.717, 1.165) is 63.6 Å². The summed E-state index contributed by atoms with van der Waals surface area (Å²) in [6.45, 7) is 10.2. The SMILES string of the molecule is CCN(CC)CCn1c2ccccc2n2c(C(=O)c3cc4ccccc4s3)c(C)nc12. The van der Waals surface area contributed by atoms with Crippen LogP contribution in [0.5, 0.6) is 0 Å². The van der Waals surface area contributed by atoms with Crippen molar-refractivity contribution in [1.29, 1.82) is 0 Å². The molecule has 5 aromatic rings. The number of nitrogens with zero attached hydrogens (tertiary/aromatic N) is 4. The first-order valence-corrected chi connectivity index (χ1v) is 11.7. The molecule has 2 aromatic carbocycles. The molecule has 0 N–H and O–H groups in total. The first-order chi connectivity index (χ1) is 15.1. The van der Waals surface area contributed by atoms with E-state index in [1.54, 1.807) is 11.3 Å². The average Bonchev–Trinajstić information content (AvgIpc) is 3.45. The number of benzene rings is 2. The van der Waals surface area contributed by atoms with Gasteiger partial charge < -0.3 is 9.47 Å². The quantitative estimate of drug-likeness (QED) is 0.325. The number of likely N-dealkylation sites (N-methyl/N-ethyl adjacent to an activating group) is 1. The first-order valence-electron chi connectivity index (χ1n) is 10.8. The molecule has 0 saturated heterocycles. The molecule has 5 nitrogen and oxygen atoms in total. The number of imidazole rings is 2. The van der Waals surface area contributed by atoms with Gasteiger partial charge in [0.25, 0.3) is 0 Å². The number of hydrogen-bond donors (Lipinski definition) is 0. The van der Waals surface area contributed by atoms with Crippen LogP contribution in [0.25, 0.3) is 26.9 Å². The Morgan fingerprint density at radius 3 is 2.48 bits per heavy atom. The van der Waals surface area contributed by atoms with Crippen LogP contribution in [0.15, 0.2) is 54.6 Å². The van der Waals surface area contributed by atoms with Gasteiger partial charge in [-0.05, 0) is 49.7 Å². The van der Waals surface area contributed by atoms with Crippen LogP contribution in [0.2, 0.25) is 0 Å². The highest BCUT2D eigenvalue weighted by Gasteiger charge is 2.24. The van der Waals surface area contributed by atoms with Gasteiger partial charge in [0.05, 0.1) is 21.6 Å². The second kappa shape index (κ2) is 7.94. The Kier molecular flexibility index (Phi) is 5.12. The van der Waals surface area contributed by atoms with Crippen LogP contribution < -0.4 is 0 Å². The highest BCUT2D eigenvalue weighted by Crippen LogP contribution is 2.30. The van der Waals surface area contributed by atoms with Gasteiger partial charge in [-0.1, -0.05) is 44.2 Å². The fraction of sp³-hybridized carbons (Fsp3) is 0.280. The zero-order chi connectivity index (χ0) is 21.5. The Morgan fingerprint density at radius 2 is 1.74 bits per heavy atom. The number of ketones is 1. The van der Waals surface area contributed by atoms with Crippen molar-refractivity contribution in [1.82, 2.24) is 18.9 Å². The molecule has 0 unspecified atom stereocenters. The molecule has 0 aliphatic heterocycles. The Morgan fingerprint density at radius 1 is 1.03 bits per heavy atom. The van der Waals surface area contributed by atoms with Gasteiger partial charge in [0.15, 0.2) is 0 Å². The molecule has 3 aromatic heterocycles. The van der Waals surface area contributed by atoms with E-state index >= 15 is 0 Å². The summed E-state index contributed by atoms with van der Waals surface area (Å²) in [5.74, 6) is 0.883. The van der Waals surface area contributed by atoms with E-state index < -0.39 is 0 Å². The average molecular weight is 431 g/mol. The van der Waals surface area contributed by atoms with Gasteiger partial charge in [0.2, 0.25) is 11.6 Å². The van der Waals surface area contributed by atoms with Crippen LogP contribution in [0.4, 0.5) is 0 Å². The molecule has 0 fully saturated rings. The van der Waals surface area contributed by atoms with E-state index in [1.807, 2.05) is 31.2 Å². The van der Waals surface area contributed by atoms with Gasteiger partial charge in [-0.15, -0.1) is 11.3 Å². The normalized spacial score (nSPS) is 12.0. The summed E-state index contributed by atoms with van der Waals surface area (Å²) < 4.78 is 5.44. The Balaban J connectivity index is 1.66. The van der Waals surface area contributed by atoms with E-state index in [9.17, 15) is 4.79 Å². The molecule has 0 saturated carbocycles. The van der Waals surface area contributed by atoms with Crippen LogP contribution in [0.3, 0.4) is 0 Å². The number of hydrogen-bond acceptors (Lipinski definition) is 4. The lowest BCUT2D eigenvalue weighted by molar-refractivity contribution is 0.103. The zero-order valence-corrected chi connectivity index (χ0v) is 18.9. The van der Waals surface area contributed by atoms with Gasteiger partial charge >= 0.3 is 0 Å². The van der Waals surface area contributed by atoms with Gasteiger partial charge in [-0.3, -0.25) is 9.20 Å². The predicted octanol–water partition coefficient (Wildman–Crippen LogP) is 5.38. The van der Waals surface area contributed by atoms with E-state index in [1.165, 1.54) is 0 Å². The maximum Gasteiger partial charge on any atom is 0.221 e. The molecule has 0 bridgehead atoms. The molecule has 6 heteroatoms. The highest BCUT2D eigenvalue weighted by molar-refractivity contribution is 7.21. The lowest BCUT2D eigenvalue weighted by atomic mass is 10.2. The van der Waals surface area contributed by atoms with Crippen LogP contribution in [-0.4, -0.2) is 44.3 Å². The van der Waals surface area contributed by atoms with E-state index in [4.69, 9.17) is 4.98 Å². The monoisotopic (exact) mass is 430 g/mol. The van der Waals surface area contributed by atoms with E-state index in [-0.39, 0.29) is 5.78 Å². The third-order valence-corrected chi connectivity index (χ3v) is 7.20. The fourth-order valence-electron chi connectivity index (χ4n) is 4.39. The summed E-state index contributed by atoms with van der Waals surface area (Å²) in [7, 11) is 0. The van der Waals surface area contributed by atoms with E-state index in [0.29, 0.717) is 5.69 Å². The number of rotatable bonds is 7. The van der Waals surface area contributed by atoms with Gasteiger partial charge in [-0.25, -0.2) is 4.98 Å². The van der Waals surface area contributed by atoms with Crippen molar-refractivity contribution in [3.63, 3.8) is 0 Å². The molecule has 0 atom stereocenters. The van der Waals surface area contributed by atoms with Crippen molar-refractivity contribution < 1.29 is 4.79 Å². The van der Waals surface area contributed by atoms with Crippen LogP contribution >= 0.6 is 11.3 Å². The molecular formula is C25H26N4OS. The van der Waals surface area contributed by atoms with Crippen molar-refractivity contribution in [2.45, 2.75) is 27.3 Å². The second-order valence-electron chi connectivity index (χ2n) is 7.83. The molecule has 5 rings (SSSR count). The minimum Gasteiger partial charge on any atom is -0.308 e. The summed E-state index contributed by atoms with van der Waals surface area (Å²) in [5, 5.41) is 1.11. The number of para-hydroxylation sites is 2. The van der Waals surface area contributed by atoms with Crippen molar-refractivity contribution >= 4 is 44.0 Å². The number of carbonyl (C=O) groups is 1. The third kappa shape index (κ3) is 3.27. The molecule has 3 heterocycles. The van der Waals surface area contributed by atoms with Crippen molar-refractivity contribution in [3.8, 4) is 0 Å². The molecule has 0 aliphatic carbocycles. The minimum absolute atomic E-state index is 0.0397. The molecule has 31 heavy (non-hydrogen) atoms. The lowest BCUT2D eigenvalue weighted by Crippen LogP contribution is -2.27. The lowest BCUT2D eigenvalue weighted by Gasteiger charge is -2.18. The number of carbonyl (C=O) groups excluding carboxylic acids is 1. The highest BCUT2D eigenvalue weighted by atomic mass is 32.1. The van der Waals surface area contributed by atoms with Gasteiger partial charge in [0, 0.05) is 17.8 Å². The summed E-state index contributed by atoms with van der Waals surface area (Å²) in [6.07, 6.45) is 0. The maximum atomic E-state index is 13.7. The summed E-state index contributed by atoms with van der Waals surface area (Å²) in [5.41, 5.74) is 3.59. The maximum absolute atomic E-state index is 13.7. The molecule has 0 spiro atoms. The molecule has 0 amide bonds. The third-order valence-electron chi connectivity index (χ3n) is 6.09. The van der Waals surface area contributed by atoms with Crippen LogP contribution in [0, 0.1) is 6.92 Å². The standard InChI is InChI=1S/C25H26N4OS/c1-4-27(5-2)14-15-28-19-11-7-8-12-20(19)29-23(17(3)26-25(28)29)24(30)22-16-18-10-6-9-13-21(18)31-22/h6-13,16H,4-5,14-15H2,1-3H3. The van der Waals surface area contributed by atoms with Crippen LogP contribution in [0.1, 0.15) is 34.9 Å². The van der Waals surface area contributed by atoms with Crippen molar-refractivity contribution in [3.05, 3.63) is 70.9 Å². The number of fused-ring (bicyclic) bond motifs is 4. The summed E-state index contributed by atoms with van der Waals surface area (Å²) in [6, 6.07) is 18.4. The molecule has 0 aliphatic rings. The number of aromatic nitrogens is 3. The van der Waals surface area contributed by atoms with E-state index in [2.05, 4.69) is 58.0 Å². The van der Waals surface area contributed by atoms with Gasteiger partial charge in [0.1, 0.15) is 5.69 Å². The minimum atomic E-state index is 0.0397. The van der Waals surface area contributed by atoms with Crippen LogP contribution in [-0.2, 0) is 6.54 Å². The fourth-order valence-corrected chi connectivity index (χ4v) is 5.39. The van der Waals surface area contributed by atoms with Crippen molar-refractivity contribution in [2.75, 3.05) is 19.6 Å². The Bertz CT molecular complexity index is 1370. The molecule has 0 radical (unpaired) electrons. The van der Waals surface area contributed by atoms with Crippen molar-refractivity contribution in [2.24, 2.45) is 0 Å². The Labute approximate surface area is 185 Å². The Hall–Kier alpha value is -2.96. The molecular weight excluding hydrogens is 404 g/mol. The zero-order valence-electron chi connectivity index (χ0n) is 18.1. The topological polar surface area (TPSA) is 42.5 Å². The first kappa shape index (κ1) is 20.0. The number of aryl methyl sites for hydroxylation is 1. The summed E-state index contributed by atoms with van der Waals surface area (Å²) >= 11 is 1.55. The smallest absolute Gasteiger partial charge is 0.221 e.